The largest absolute Gasteiger partial charge is 0.508 e. The number of benzene rings is 2. The molecule has 0 unspecified atom stereocenters. The maximum atomic E-state index is 12.4. The molecule has 0 spiro atoms. The second-order valence-corrected chi connectivity index (χ2v) is 5.26. The van der Waals surface area contributed by atoms with Gasteiger partial charge in [0.2, 0.25) is 5.78 Å². The average Bonchev–Trinajstić information content (AvgIpc) is 3.00. The van der Waals surface area contributed by atoms with E-state index in [1.807, 2.05) is 30.3 Å². The molecule has 1 aromatic heterocycles. The summed E-state index contributed by atoms with van der Waals surface area (Å²) in [5.41, 5.74) is 1.93. The Morgan fingerprint density at radius 1 is 1.14 bits per heavy atom. The summed E-state index contributed by atoms with van der Waals surface area (Å²) in [4.78, 5) is 12.4. The zero-order valence-corrected chi connectivity index (χ0v) is 11.8. The summed E-state index contributed by atoms with van der Waals surface area (Å²) >= 11 is 0. The third kappa shape index (κ3) is 1.89. The molecule has 0 fully saturated rings. The molecular formula is C18H12O4. The Bertz CT molecular complexity index is 914. The average molecular weight is 292 g/mol. The van der Waals surface area contributed by atoms with Crippen molar-refractivity contribution < 1.29 is 19.1 Å². The topological polar surface area (TPSA) is 59.7 Å². The fourth-order valence-corrected chi connectivity index (χ4v) is 2.69. The SMILES string of the molecule is Cc1cc(O)cc2c1C(=O)C(=Cc1cc3ccccc3o1)O2. The van der Waals surface area contributed by atoms with Crippen molar-refractivity contribution in [2.45, 2.75) is 6.92 Å². The van der Waals surface area contributed by atoms with Crippen LogP contribution in [0.4, 0.5) is 0 Å². The van der Waals surface area contributed by atoms with E-state index in [0.29, 0.717) is 22.6 Å². The number of phenols is 1. The summed E-state index contributed by atoms with van der Waals surface area (Å²) in [7, 11) is 0. The number of hydrogen-bond acceptors (Lipinski definition) is 4. The van der Waals surface area contributed by atoms with Crippen molar-refractivity contribution in [1.82, 2.24) is 0 Å². The summed E-state index contributed by atoms with van der Waals surface area (Å²) in [6, 6.07) is 12.5. The molecule has 2 heterocycles. The summed E-state index contributed by atoms with van der Waals surface area (Å²) in [6.07, 6.45) is 1.58. The van der Waals surface area contributed by atoms with E-state index in [1.165, 1.54) is 6.07 Å². The highest BCUT2D eigenvalue weighted by Crippen LogP contribution is 2.37. The minimum atomic E-state index is -0.201. The van der Waals surface area contributed by atoms with Crippen molar-refractivity contribution in [3.05, 3.63) is 65.1 Å². The van der Waals surface area contributed by atoms with Crippen molar-refractivity contribution in [3.63, 3.8) is 0 Å². The molecule has 0 atom stereocenters. The number of hydrogen-bond donors (Lipinski definition) is 1. The van der Waals surface area contributed by atoms with Gasteiger partial charge in [0.25, 0.3) is 0 Å². The number of carbonyl (C=O) groups excluding carboxylic acids is 1. The third-order valence-electron chi connectivity index (χ3n) is 3.67. The number of Topliss-reactive ketones (excluding diaryl/α,β-unsaturated/α-hetero) is 1. The van der Waals surface area contributed by atoms with E-state index in [0.717, 1.165) is 11.0 Å². The molecule has 1 N–H and O–H groups in total. The van der Waals surface area contributed by atoms with Crippen LogP contribution in [0.25, 0.3) is 17.0 Å². The van der Waals surface area contributed by atoms with Crippen LogP contribution in [-0.4, -0.2) is 10.9 Å². The zero-order chi connectivity index (χ0) is 15.3. The van der Waals surface area contributed by atoms with Crippen LogP contribution in [0.5, 0.6) is 11.5 Å². The smallest absolute Gasteiger partial charge is 0.232 e. The van der Waals surface area contributed by atoms with Crippen molar-refractivity contribution in [2.75, 3.05) is 0 Å². The Morgan fingerprint density at radius 3 is 2.77 bits per heavy atom. The molecule has 3 aromatic rings. The molecule has 4 rings (SSSR count). The van der Waals surface area contributed by atoms with Gasteiger partial charge in [0.05, 0.1) is 5.56 Å². The molecule has 2 aromatic carbocycles. The molecule has 4 nitrogen and oxygen atoms in total. The lowest BCUT2D eigenvalue weighted by Gasteiger charge is -2.00. The monoisotopic (exact) mass is 292 g/mol. The van der Waals surface area contributed by atoms with Gasteiger partial charge in [0, 0.05) is 17.5 Å². The fraction of sp³-hybridized carbons (Fsp3) is 0.0556. The lowest BCUT2D eigenvalue weighted by Crippen LogP contribution is -1.99. The van der Waals surface area contributed by atoms with Gasteiger partial charge in [-0.3, -0.25) is 4.79 Å². The van der Waals surface area contributed by atoms with Gasteiger partial charge < -0.3 is 14.3 Å². The Balaban J connectivity index is 1.78. The maximum absolute atomic E-state index is 12.4. The van der Waals surface area contributed by atoms with Crippen LogP contribution in [-0.2, 0) is 0 Å². The number of rotatable bonds is 1. The van der Waals surface area contributed by atoms with Gasteiger partial charge in [-0.05, 0) is 30.7 Å². The number of allylic oxidation sites excluding steroid dienone is 1. The fourth-order valence-electron chi connectivity index (χ4n) is 2.69. The van der Waals surface area contributed by atoms with Gasteiger partial charge in [-0.25, -0.2) is 0 Å². The van der Waals surface area contributed by atoms with E-state index in [-0.39, 0.29) is 17.3 Å². The van der Waals surface area contributed by atoms with Crippen molar-refractivity contribution >= 4 is 22.8 Å². The number of furan rings is 1. The zero-order valence-electron chi connectivity index (χ0n) is 11.8. The van der Waals surface area contributed by atoms with Crippen LogP contribution in [0.1, 0.15) is 21.7 Å². The molecular weight excluding hydrogens is 280 g/mol. The highest BCUT2D eigenvalue weighted by molar-refractivity contribution is 6.15. The molecule has 0 saturated heterocycles. The standard InChI is InChI=1S/C18H12O4/c1-10-6-12(19)8-15-17(10)18(20)16(22-15)9-13-7-11-4-2-3-5-14(11)21-13/h2-9,19H,1H3. The number of aromatic hydroxyl groups is 1. The van der Waals surface area contributed by atoms with E-state index < -0.39 is 0 Å². The van der Waals surface area contributed by atoms with Crippen LogP contribution in [0.15, 0.2) is 52.6 Å². The normalized spacial score (nSPS) is 15.3. The molecule has 0 radical (unpaired) electrons. The van der Waals surface area contributed by atoms with Crippen LogP contribution in [0.3, 0.4) is 0 Å². The predicted molar refractivity (Wildman–Crippen MR) is 82.0 cm³/mol. The van der Waals surface area contributed by atoms with Gasteiger partial charge >= 0.3 is 0 Å². The van der Waals surface area contributed by atoms with Gasteiger partial charge in [0.1, 0.15) is 22.8 Å². The molecule has 0 bridgehead atoms. The van der Waals surface area contributed by atoms with E-state index in [4.69, 9.17) is 9.15 Å². The van der Waals surface area contributed by atoms with Crippen molar-refractivity contribution in [3.8, 4) is 11.5 Å². The first-order valence-corrected chi connectivity index (χ1v) is 6.88. The van der Waals surface area contributed by atoms with Gasteiger partial charge in [-0.15, -0.1) is 0 Å². The molecule has 108 valence electrons. The second-order valence-electron chi connectivity index (χ2n) is 5.26. The van der Waals surface area contributed by atoms with Crippen LogP contribution >= 0.6 is 0 Å². The first-order valence-electron chi connectivity index (χ1n) is 6.88. The molecule has 1 aliphatic rings. The Morgan fingerprint density at radius 2 is 1.95 bits per heavy atom. The highest BCUT2D eigenvalue weighted by Gasteiger charge is 2.30. The van der Waals surface area contributed by atoms with E-state index in [9.17, 15) is 9.90 Å². The number of ether oxygens (including phenoxy) is 1. The Kier molecular flexibility index (Phi) is 2.60. The first kappa shape index (κ1) is 12.7. The van der Waals surface area contributed by atoms with Crippen LogP contribution < -0.4 is 4.74 Å². The minimum absolute atomic E-state index is 0.0778. The number of para-hydroxylation sites is 1. The number of aryl methyl sites for hydroxylation is 1. The molecule has 22 heavy (non-hydrogen) atoms. The second kappa shape index (κ2) is 4.49. The minimum Gasteiger partial charge on any atom is -0.508 e. The predicted octanol–water partition coefficient (Wildman–Crippen LogP) is 4.06. The molecule has 1 aliphatic heterocycles. The van der Waals surface area contributed by atoms with Gasteiger partial charge in [-0.2, -0.15) is 0 Å². The summed E-state index contributed by atoms with van der Waals surface area (Å²) in [6.45, 7) is 1.77. The van der Waals surface area contributed by atoms with E-state index in [2.05, 4.69) is 0 Å². The summed E-state index contributed by atoms with van der Waals surface area (Å²) in [5, 5.41) is 10.6. The van der Waals surface area contributed by atoms with Gasteiger partial charge in [0.15, 0.2) is 5.76 Å². The lowest BCUT2D eigenvalue weighted by atomic mass is 10.0. The Labute approximate surface area is 126 Å². The Hall–Kier alpha value is -3.01. The van der Waals surface area contributed by atoms with Crippen LogP contribution in [0.2, 0.25) is 0 Å². The van der Waals surface area contributed by atoms with Crippen molar-refractivity contribution in [2.24, 2.45) is 0 Å². The van der Waals surface area contributed by atoms with E-state index >= 15 is 0 Å². The number of phenolic OH excluding ortho intramolecular Hbond substituents is 1. The molecule has 0 saturated carbocycles. The first-order chi connectivity index (χ1) is 10.6. The highest BCUT2D eigenvalue weighted by atomic mass is 16.5. The lowest BCUT2D eigenvalue weighted by molar-refractivity contribution is 0.101. The van der Waals surface area contributed by atoms with Gasteiger partial charge in [-0.1, -0.05) is 18.2 Å². The summed E-state index contributed by atoms with van der Waals surface area (Å²) < 4.78 is 11.2. The molecule has 4 heteroatoms. The third-order valence-corrected chi connectivity index (χ3v) is 3.67. The number of fused-ring (bicyclic) bond motifs is 2. The van der Waals surface area contributed by atoms with Crippen LogP contribution in [0, 0.1) is 6.92 Å². The molecule has 0 amide bonds. The number of ketones is 1. The summed E-state index contributed by atoms with van der Waals surface area (Å²) in [5.74, 6) is 1.01. The molecule has 0 aliphatic carbocycles. The van der Waals surface area contributed by atoms with Crippen molar-refractivity contribution in [1.29, 1.82) is 0 Å². The maximum Gasteiger partial charge on any atom is 0.232 e. The van der Waals surface area contributed by atoms with E-state index in [1.54, 1.807) is 19.1 Å². The quantitative estimate of drug-likeness (QED) is 0.687. The number of carbonyl (C=O) groups is 1.